The van der Waals surface area contributed by atoms with Crippen molar-refractivity contribution >= 4 is 35.0 Å². The molecule has 1 aliphatic heterocycles. The second kappa shape index (κ2) is 8.65. The van der Waals surface area contributed by atoms with E-state index >= 15 is 0 Å². The third kappa shape index (κ3) is 4.77. The van der Waals surface area contributed by atoms with Gasteiger partial charge in [0.25, 0.3) is 5.69 Å². The molecule has 2 amide bonds. The Balaban J connectivity index is 1.88. The zero-order valence-corrected chi connectivity index (χ0v) is 17.7. The molecule has 1 aliphatic rings. The number of hydrogen-bond donors (Lipinski definition) is 2. The highest BCUT2D eigenvalue weighted by molar-refractivity contribution is 6.30. The molecule has 0 aromatic heterocycles. The van der Waals surface area contributed by atoms with Crippen LogP contribution in [0.1, 0.15) is 25.3 Å². The first-order chi connectivity index (χ1) is 14.6. The molecule has 162 valence electrons. The van der Waals surface area contributed by atoms with Gasteiger partial charge in [-0.2, -0.15) is 0 Å². The normalized spacial score (nSPS) is 17.0. The minimum atomic E-state index is -0.868. The maximum atomic E-state index is 12.6. The summed E-state index contributed by atoms with van der Waals surface area (Å²) < 4.78 is 10.9. The summed E-state index contributed by atoms with van der Waals surface area (Å²) in [5.41, 5.74) is 0.284. The van der Waals surface area contributed by atoms with E-state index in [1.165, 1.54) is 31.4 Å². The van der Waals surface area contributed by atoms with Crippen molar-refractivity contribution in [2.24, 2.45) is 0 Å². The highest BCUT2D eigenvalue weighted by atomic mass is 35.5. The summed E-state index contributed by atoms with van der Waals surface area (Å²) in [4.78, 5) is 35.3. The molecule has 1 atom stereocenters. The van der Waals surface area contributed by atoms with Crippen molar-refractivity contribution in [1.82, 2.24) is 5.32 Å². The standard InChI is InChI=1S/C21H20ClN3O6/c1-21(2)17(12-4-6-13(22)7-5-12)16(19(26)30-3)18(31-21)24-20(27)23-14-8-10-15(11-9-14)25(28)29/h4-11,17H,1-3H3,(H2,23,24,27). The molecular formula is C21H20ClN3O6. The van der Waals surface area contributed by atoms with Crippen LogP contribution < -0.4 is 10.6 Å². The molecule has 0 aliphatic carbocycles. The number of benzene rings is 2. The van der Waals surface area contributed by atoms with E-state index in [2.05, 4.69) is 10.6 Å². The second-order valence-electron chi connectivity index (χ2n) is 7.31. The third-order valence-corrected chi connectivity index (χ3v) is 5.02. The Morgan fingerprint density at radius 3 is 2.26 bits per heavy atom. The Hall–Kier alpha value is -3.59. The lowest BCUT2D eigenvalue weighted by atomic mass is 9.81. The first-order valence-corrected chi connectivity index (χ1v) is 9.59. The molecule has 0 spiro atoms. The monoisotopic (exact) mass is 445 g/mol. The van der Waals surface area contributed by atoms with Crippen LogP contribution in [0.4, 0.5) is 16.2 Å². The van der Waals surface area contributed by atoms with E-state index in [-0.39, 0.29) is 17.1 Å². The fourth-order valence-electron chi connectivity index (χ4n) is 3.42. The first kappa shape index (κ1) is 22.1. The van der Waals surface area contributed by atoms with Gasteiger partial charge in [-0.15, -0.1) is 0 Å². The van der Waals surface area contributed by atoms with Crippen molar-refractivity contribution in [3.63, 3.8) is 0 Å². The smallest absolute Gasteiger partial charge is 0.339 e. The van der Waals surface area contributed by atoms with Gasteiger partial charge in [0.05, 0.1) is 18.0 Å². The summed E-state index contributed by atoms with van der Waals surface area (Å²) >= 11 is 5.98. The van der Waals surface area contributed by atoms with Gasteiger partial charge >= 0.3 is 12.0 Å². The number of nitro benzene ring substituents is 1. The van der Waals surface area contributed by atoms with Crippen LogP contribution in [-0.2, 0) is 14.3 Å². The van der Waals surface area contributed by atoms with Crippen molar-refractivity contribution in [3.8, 4) is 0 Å². The number of carbonyl (C=O) groups excluding carboxylic acids is 2. The van der Waals surface area contributed by atoms with Gasteiger partial charge in [-0.3, -0.25) is 15.4 Å². The number of amides is 2. The van der Waals surface area contributed by atoms with Gasteiger partial charge in [0, 0.05) is 22.8 Å². The number of ether oxygens (including phenoxy) is 2. The van der Waals surface area contributed by atoms with Crippen molar-refractivity contribution in [3.05, 3.63) is 80.7 Å². The Labute approximate surface area is 183 Å². The number of methoxy groups -OCH3 is 1. The lowest BCUT2D eigenvalue weighted by Gasteiger charge is -2.28. The number of non-ortho nitro benzene ring substituents is 1. The summed E-state index contributed by atoms with van der Waals surface area (Å²) in [6, 6.07) is 11.6. The average molecular weight is 446 g/mol. The fourth-order valence-corrected chi connectivity index (χ4v) is 3.55. The summed E-state index contributed by atoms with van der Waals surface area (Å²) in [6.45, 7) is 3.58. The SMILES string of the molecule is COC(=O)C1=C(NC(=O)Nc2ccc([N+](=O)[O-])cc2)OC(C)(C)C1c1ccc(Cl)cc1. The predicted octanol–water partition coefficient (Wildman–Crippen LogP) is 4.35. The zero-order valence-electron chi connectivity index (χ0n) is 17.0. The number of hydrogen-bond acceptors (Lipinski definition) is 6. The molecule has 1 unspecified atom stereocenters. The van der Waals surface area contributed by atoms with E-state index in [0.717, 1.165) is 5.56 Å². The third-order valence-electron chi connectivity index (χ3n) is 4.77. The minimum absolute atomic E-state index is 0.0313. The van der Waals surface area contributed by atoms with Crippen molar-refractivity contribution in [1.29, 1.82) is 0 Å². The Bertz CT molecular complexity index is 1050. The summed E-state index contributed by atoms with van der Waals surface area (Å²) in [5, 5.41) is 16.4. The van der Waals surface area contributed by atoms with Gasteiger partial charge in [-0.1, -0.05) is 23.7 Å². The number of nitrogens with zero attached hydrogens (tertiary/aromatic N) is 1. The molecule has 0 fully saturated rings. The van der Waals surface area contributed by atoms with Crippen molar-refractivity contribution < 1.29 is 24.0 Å². The molecule has 3 rings (SSSR count). The topological polar surface area (TPSA) is 120 Å². The minimum Gasteiger partial charge on any atom is -0.471 e. The Kier molecular flexibility index (Phi) is 6.16. The number of halogens is 1. The molecule has 31 heavy (non-hydrogen) atoms. The van der Waals surface area contributed by atoms with Crippen LogP contribution in [0.15, 0.2) is 60.0 Å². The van der Waals surface area contributed by atoms with Gasteiger partial charge in [-0.25, -0.2) is 9.59 Å². The summed E-state index contributed by atoms with van der Waals surface area (Å²) in [5.74, 6) is -1.20. The van der Waals surface area contributed by atoms with E-state index in [0.29, 0.717) is 10.7 Å². The van der Waals surface area contributed by atoms with Gasteiger partial charge in [0.1, 0.15) is 11.2 Å². The zero-order chi connectivity index (χ0) is 22.8. The number of esters is 1. The summed E-state index contributed by atoms with van der Waals surface area (Å²) in [7, 11) is 1.24. The van der Waals surface area contributed by atoms with E-state index < -0.39 is 28.4 Å². The van der Waals surface area contributed by atoms with Crippen LogP contribution in [-0.4, -0.2) is 29.6 Å². The molecule has 0 bridgehead atoms. The molecule has 9 nitrogen and oxygen atoms in total. The second-order valence-corrected chi connectivity index (χ2v) is 7.74. The molecular weight excluding hydrogens is 426 g/mol. The van der Waals surface area contributed by atoms with Crippen molar-refractivity contribution in [2.45, 2.75) is 25.4 Å². The number of nitro groups is 1. The number of carbonyl (C=O) groups is 2. The lowest BCUT2D eigenvalue weighted by Crippen LogP contribution is -2.32. The Morgan fingerprint density at radius 2 is 1.71 bits per heavy atom. The number of urea groups is 1. The molecule has 2 N–H and O–H groups in total. The number of rotatable bonds is 5. The van der Waals surface area contributed by atoms with E-state index in [4.69, 9.17) is 21.1 Å². The molecule has 2 aromatic carbocycles. The van der Waals surface area contributed by atoms with E-state index in [1.54, 1.807) is 38.1 Å². The molecule has 0 saturated heterocycles. The number of nitrogens with one attached hydrogen (secondary N) is 2. The van der Waals surface area contributed by atoms with Gasteiger partial charge < -0.3 is 14.8 Å². The number of anilines is 1. The first-order valence-electron chi connectivity index (χ1n) is 9.22. The van der Waals surface area contributed by atoms with Crippen LogP contribution in [0.3, 0.4) is 0 Å². The highest BCUT2D eigenvalue weighted by Crippen LogP contribution is 2.45. The van der Waals surface area contributed by atoms with Gasteiger partial charge in [0.15, 0.2) is 0 Å². The molecule has 0 radical (unpaired) electrons. The molecule has 1 heterocycles. The Morgan fingerprint density at radius 1 is 1.10 bits per heavy atom. The molecule has 10 heteroatoms. The van der Waals surface area contributed by atoms with Crippen LogP contribution >= 0.6 is 11.6 Å². The largest absolute Gasteiger partial charge is 0.471 e. The van der Waals surface area contributed by atoms with Crippen LogP contribution in [0.5, 0.6) is 0 Å². The highest BCUT2D eigenvalue weighted by Gasteiger charge is 2.48. The fraction of sp³-hybridized carbons (Fsp3) is 0.238. The van der Waals surface area contributed by atoms with Crippen molar-refractivity contribution in [2.75, 3.05) is 12.4 Å². The lowest BCUT2D eigenvalue weighted by molar-refractivity contribution is -0.384. The molecule has 2 aromatic rings. The van der Waals surface area contributed by atoms with Gasteiger partial charge in [-0.05, 0) is 43.7 Å². The van der Waals surface area contributed by atoms with Crippen LogP contribution in [0, 0.1) is 10.1 Å². The molecule has 0 saturated carbocycles. The van der Waals surface area contributed by atoms with Crippen LogP contribution in [0.2, 0.25) is 5.02 Å². The quantitative estimate of drug-likeness (QED) is 0.401. The predicted molar refractivity (Wildman–Crippen MR) is 114 cm³/mol. The average Bonchev–Trinajstić information content (AvgIpc) is 2.98. The van der Waals surface area contributed by atoms with E-state index in [1.807, 2.05) is 0 Å². The maximum absolute atomic E-state index is 12.6. The maximum Gasteiger partial charge on any atom is 0.339 e. The van der Waals surface area contributed by atoms with E-state index in [9.17, 15) is 19.7 Å². The van der Waals surface area contributed by atoms with Gasteiger partial charge in [0.2, 0.25) is 5.88 Å². The van der Waals surface area contributed by atoms with Crippen LogP contribution in [0.25, 0.3) is 0 Å². The summed E-state index contributed by atoms with van der Waals surface area (Å²) in [6.07, 6.45) is 0.